The topological polar surface area (TPSA) is 104 Å². The third-order valence-electron chi connectivity index (χ3n) is 4.70. The van der Waals surface area contributed by atoms with E-state index >= 15 is 0 Å². The zero-order valence-electron chi connectivity index (χ0n) is 14.7. The highest BCUT2D eigenvalue weighted by molar-refractivity contribution is 6.07. The minimum atomic E-state index is -1.40. The summed E-state index contributed by atoms with van der Waals surface area (Å²) >= 11 is 0. The quantitative estimate of drug-likeness (QED) is 0.720. The summed E-state index contributed by atoms with van der Waals surface area (Å²) in [5.41, 5.74) is 1.16. The van der Waals surface area contributed by atoms with Crippen molar-refractivity contribution in [1.29, 1.82) is 0 Å². The second-order valence-electron chi connectivity index (χ2n) is 6.63. The number of rotatable bonds is 4. The molecule has 1 fully saturated rings. The van der Waals surface area contributed by atoms with Crippen LogP contribution in [0.3, 0.4) is 0 Å². The Labute approximate surface area is 159 Å². The van der Waals surface area contributed by atoms with E-state index in [1.165, 1.54) is 23.2 Å². The molecule has 0 radical (unpaired) electrons. The van der Waals surface area contributed by atoms with E-state index in [-0.39, 0.29) is 23.1 Å². The molecule has 1 amide bonds. The van der Waals surface area contributed by atoms with Crippen LogP contribution in [-0.4, -0.2) is 38.6 Å². The maximum absolute atomic E-state index is 13.1. The van der Waals surface area contributed by atoms with Crippen molar-refractivity contribution in [3.63, 3.8) is 0 Å². The van der Waals surface area contributed by atoms with Gasteiger partial charge in [0.05, 0.1) is 0 Å². The Kier molecular flexibility index (Phi) is 4.38. The lowest BCUT2D eigenvalue weighted by Gasteiger charge is -2.18. The molecule has 142 valence electrons. The second kappa shape index (κ2) is 6.88. The first-order valence-corrected chi connectivity index (χ1v) is 8.73. The summed E-state index contributed by atoms with van der Waals surface area (Å²) in [5.74, 6) is -2.23. The molecule has 3 aromatic rings. The molecule has 2 N–H and O–H groups in total. The maximum Gasteiger partial charge on any atom is 0.358 e. The zero-order chi connectivity index (χ0) is 19.8. The number of halogens is 1. The molecule has 2 aromatic heterocycles. The smallest absolute Gasteiger partial charge is 0.358 e. The van der Waals surface area contributed by atoms with Crippen molar-refractivity contribution in [1.82, 2.24) is 9.97 Å². The molecule has 0 spiro atoms. The van der Waals surface area contributed by atoms with Crippen LogP contribution in [-0.2, 0) is 11.2 Å². The Hall–Kier alpha value is -3.55. The molecule has 0 atom stereocenters. The summed E-state index contributed by atoms with van der Waals surface area (Å²) in [4.78, 5) is 33.4. The lowest BCUT2D eigenvalue weighted by atomic mass is 10.0. The van der Waals surface area contributed by atoms with Crippen molar-refractivity contribution in [3.8, 4) is 5.75 Å². The fourth-order valence-corrected chi connectivity index (χ4v) is 3.36. The van der Waals surface area contributed by atoms with Crippen molar-refractivity contribution in [3.05, 3.63) is 59.2 Å². The Morgan fingerprint density at radius 1 is 1.21 bits per heavy atom. The van der Waals surface area contributed by atoms with Gasteiger partial charge in [-0.2, -0.15) is 0 Å². The van der Waals surface area contributed by atoms with E-state index in [0.717, 1.165) is 11.1 Å². The number of carbonyl (C=O) groups excluding carboxylic acids is 1. The largest absolute Gasteiger partial charge is 0.504 e. The highest BCUT2D eigenvalue weighted by Gasteiger charge is 2.28. The first kappa shape index (κ1) is 17.8. The van der Waals surface area contributed by atoms with Gasteiger partial charge in [0.15, 0.2) is 11.4 Å². The molecule has 28 heavy (non-hydrogen) atoms. The van der Waals surface area contributed by atoms with E-state index in [4.69, 9.17) is 0 Å². The standard InChI is InChI=1S/C20H16FN3O4/c21-13-5-3-11(4-6-13)8-12-9-14-16(22-10-12)18(26)17(20(27)28)23-19(14)24-7-1-2-15(24)25/h3-6,9-10,26H,1-2,7-8H2,(H,27,28). The Morgan fingerprint density at radius 2 is 1.96 bits per heavy atom. The van der Waals surface area contributed by atoms with Crippen molar-refractivity contribution in [2.45, 2.75) is 19.3 Å². The molecular formula is C20H16FN3O4. The molecular weight excluding hydrogens is 365 g/mol. The molecule has 3 heterocycles. The van der Waals surface area contributed by atoms with E-state index in [2.05, 4.69) is 9.97 Å². The van der Waals surface area contributed by atoms with Gasteiger partial charge in [0.2, 0.25) is 5.91 Å². The van der Waals surface area contributed by atoms with Gasteiger partial charge in [-0.3, -0.25) is 14.7 Å². The number of amides is 1. The molecule has 0 unspecified atom stereocenters. The van der Waals surface area contributed by atoms with Gasteiger partial charge in [0.25, 0.3) is 0 Å². The van der Waals surface area contributed by atoms with Crippen molar-refractivity contribution in [2.75, 3.05) is 11.4 Å². The van der Waals surface area contributed by atoms with Gasteiger partial charge in [-0.05, 0) is 42.2 Å². The molecule has 8 heteroatoms. The predicted octanol–water partition coefficient (Wildman–Crippen LogP) is 2.89. The minimum absolute atomic E-state index is 0.0740. The fourth-order valence-electron chi connectivity index (χ4n) is 3.36. The number of carbonyl (C=O) groups is 2. The van der Waals surface area contributed by atoms with Crippen LogP contribution < -0.4 is 4.90 Å². The minimum Gasteiger partial charge on any atom is -0.504 e. The normalized spacial score (nSPS) is 14.0. The van der Waals surface area contributed by atoms with Crippen molar-refractivity contribution < 1.29 is 24.2 Å². The highest BCUT2D eigenvalue weighted by Crippen LogP contribution is 2.35. The number of pyridine rings is 2. The molecule has 1 saturated heterocycles. The van der Waals surface area contributed by atoms with Gasteiger partial charge in [-0.15, -0.1) is 0 Å². The maximum atomic E-state index is 13.1. The van der Waals surface area contributed by atoms with Gasteiger partial charge in [0.1, 0.15) is 17.2 Å². The predicted molar refractivity (Wildman–Crippen MR) is 99.0 cm³/mol. The lowest BCUT2D eigenvalue weighted by Crippen LogP contribution is -2.26. The molecule has 1 aliphatic rings. The fraction of sp³-hybridized carbons (Fsp3) is 0.200. The lowest BCUT2D eigenvalue weighted by molar-refractivity contribution is -0.117. The average Bonchev–Trinajstić information content (AvgIpc) is 3.09. The third-order valence-corrected chi connectivity index (χ3v) is 4.70. The van der Waals surface area contributed by atoms with Gasteiger partial charge >= 0.3 is 5.97 Å². The summed E-state index contributed by atoms with van der Waals surface area (Å²) in [6, 6.07) is 7.78. The number of nitrogens with zero attached hydrogens (tertiary/aromatic N) is 3. The van der Waals surface area contributed by atoms with E-state index in [1.807, 2.05) is 0 Å². The number of aromatic carboxylic acids is 1. The average molecular weight is 381 g/mol. The van der Waals surface area contributed by atoms with Crippen LogP contribution >= 0.6 is 0 Å². The van der Waals surface area contributed by atoms with E-state index in [9.17, 15) is 24.2 Å². The summed E-state index contributed by atoms with van der Waals surface area (Å²) in [5, 5.41) is 20.1. The van der Waals surface area contributed by atoms with Crippen LogP contribution in [0.5, 0.6) is 5.75 Å². The van der Waals surface area contributed by atoms with Crippen molar-refractivity contribution >= 4 is 28.6 Å². The van der Waals surface area contributed by atoms with Crippen LogP contribution in [0.2, 0.25) is 0 Å². The third kappa shape index (κ3) is 3.13. The van der Waals surface area contributed by atoms with Gasteiger partial charge in [0, 0.05) is 24.5 Å². The number of aromatic nitrogens is 2. The van der Waals surface area contributed by atoms with Crippen LogP contribution in [0.1, 0.15) is 34.5 Å². The van der Waals surface area contributed by atoms with Crippen LogP contribution in [0.15, 0.2) is 36.5 Å². The first-order valence-electron chi connectivity index (χ1n) is 8.73. The Bertz CT molecular complexity index is 1100. The highest BCUT2D eigenvalue weighted by atomic mass is 19.1. The number of anilines is 1. The number of hydrogen-bond donors (Lipinski definition) is 2. The molecule has 0 saturated carbocycles. The van der Waals surface area contributed by atoms with Crippen molar-refractivity contribution in [2.24, 2.45) is 0 Å². The second-order valence-corrected chi connectivity index (χ2v) is 6.63. The van der Waals surface area contributed by atoms with Gasteiger partial charge < -0.3 is 10.2 Å². The summed E-state index contributed by atoms with van der Waals surface area (Å²) < 4.78 is 13.1. The number of carboxylic acids is 1. The van der Waals surface area contributed by atoms with Crippen LogP contribution in [0, 0.1) is 5.82 Å². The number of hydrogen-bond acceptors (Lipinski definition) is 5. The molecule has 1 aromatic carbocycles. The molecule has 7 nitrogen and oxygen atoms in total. The van der Waals surface area contributed by atoms with Gasteiger partial charge in [-0.25, -0.2) is 14.2 Å². The molecule has 4 rings (SSSR count). The SMILES string of the molecule is O=C(O)c1nc(N2CCCC2=O)c2cc(Cc3ccc(F)cc3)cnc2c1O. The van der Waals surface area contributed by atoms with E-state index in [0.29, 0.717) is 31.2 Å². The number of fused-ring (bicyclic) bond motifs is 1. The summed E-state index contributed by atoms with van der Waals surface area (Å²) in [6.07, 6.45) is 2.98. The monoisotopic (exact) mass is 381 g/mol. The van der Waals surface area contributed by atoms with Crippen LogP contribution in [0.4, 0.5) is 10.2 Å². The number of carboxylic acid groups (broad SMARTS) is 1. The summed E-state index contributed by atoms with van der Waals surface area (Å²) in [6.45, 7) is 0.424. The number of benzene rings is 1. The first-order chi connectivity index (χ1) is 13.4. The summed E-state index contributed by atoms with van der Waals surface area (Å²) in [7, 11) is 0. The van der Waals surface area contributed by atoms with E-state index in [1.54, 1.807) is 18.2 Å². The zero-order valence-corrected chi connectivity index (χ0v) is 14.7. The molecule has 0 aliphatic carbocycles. The molecule has 0 bridgehead atoms. The Morgan fingerprint density at radius 3 is 2.61 bits per heavy atom. The Balaban J connectivity index is 1.86. The van der Waals surface area contributed by atoms with E-state index < -0.39 is 17.4 Å². The number of aromatic hydroxyl groups is 1. The van der Waals surface area contributed by atoms with Crippen LogP contribution in [0.25, 0.3) is 10.9 Å². The van der Waals surface area contributed by atoms with Gasteiger partial charge in [-0.1, -0.05) is 12.1 Å². The molecule has 1 aliphatic heterocycles.